The molecule has 0 aliphatic carbocycles. The van der Waals surface area contributed by atoms with Crippen LogP contribution in [0.1, 0.15) is 36.6 Å². The molecular weight excluding hydrogens is 535 g/mol. The molecule has 1 aliphatic heterocycles. The summed E-state index contributed by atoms with van der Waals surface area (Å²) in [6.07, 6.45) is -0.136. The molecule has 13 heteroatoms. The van der Waals surface area contributed by atoms with Gasteiger partial charge in [-0.05, 0) is 43.2 Å². The number of ether oxygens (including phenoxy) is 1. The van der Waals surface area contributed by atoms with Crippen molar-refractivity contribution in [2.24, 2.45) is 0 Å². The number of hydrogen-bond acceptors (Lipinski definition) is 8. The number of nitrogens with one attached hydrogen (secondary N) is 1. The van der Waals surface area contributed by atoms with Crippen molar-refractivity contribution in [1.29, 1.82) is 0 Å². The van der Waals surface area contributed by atoms with Crippen LogP contribution in [-0.4, -0.2) is 39.0 Å². The molecule has 0 fully saturated rings. The molecule has 3 N–H and O–H groups in total. The van der Waals surface area contributed by atoms with E-state index < -0.39 is 17.4 Å². The summed E-state index contributed by atoms with van der Waals surface area (Å²) in [5, 5.41) is 3.12. The number of carbonyl (C=O) groups is 1. The minimum absolute atomic E-state index is 0.000230. The highest BCUT2D eigenvalue weighted by molar-refractivity contribution is 6.36. The Labute approximate surface area is 226 Å². The highest BCUT2D eigenvalue weighted by atomic mass is 35.5. The maximum absolute atomic E-state index is 14.1. The molecule has 4 heterocycles. The van der Waals surface area contributed by atoms with Crippen LogP contribution < -0.4 is 20.7 Å². The van der Waals surface area contributed by atoms with Crippen molar-refractivity contribution in [2.45, 2.75) is 33.0 Å². The molecular formula is C26H23ClF3N7O2. The molecule has 1 unspecified atom stereocenters. The third kappa shape index (κ3) is 4.87. The van der Waals surface area contributed by atoms with Crippen LogP contribution in [0.4, 0.5) is 30.5 Å². The predicted molar refractivity (Wildman–Crippen MR) is 142 cm³/mol. The third-order valence-electron chi connectivity index (χ3n) is 6.46. The van der Waals surface area contributed by atoms with Gasteiger partial charge in [-0.1, -0.05) is 11.6 Å². The third-order valence-corrected chi connectivity index (χ3v) is 6.83. The lowest BCUT2D eigenvalue weighted by molar-refractivity contribution is -0.137. The van der Waals surface area contributed by atoms with Crippen LogP contribution in [0.2, 0.25) is 5.02 Å². The Morgan fingerprint density at radius 3 is 2.72 bits per heavy atom. The zero-order chi connectivity index (χ0) is 28.1. The monoisotopic (exact) mass is 557 g/mol. The van der Waals surface area contributed by atoms with Crippen LogP contribution in [-0.2, 0) is 11.0 Å². The number of pyridine rings is 2. The van der Waals surface area contributed by atoms with E-state index in [2.05, 4.69) is 25.3 Å². The number of alkyl halides is 3. The standard InChI is InChI=1S/C26H23ClF3N7O2/c1-12-6-19(31)36-23(21(12)26(28,29)30)17-8-18-20-24(22(17)27)39-5-4-37(25(20)34-11-33-18)13(2)15-7-16(10-32-9-15)35-14(3)38/h6-11,13H,4-5H2,1-3H3,(H2,31,36)(H,35,38). The van der Waals surface area contributed by atoms with Crippen molar-refractivity contribution < 1.29 is 22.7 Å². The van der Waals surface area contributed by atoms with Gasteiger partial charge >= 0.3 is 6.18 Å². The number of nitrogens with two attached hydrogens (primary N) is 1. The molecule has 0 bridgehead atoms. The average molecular weight is 558 g/mol. The minimum atomic E-state index is -4.70. The fourth-order valence-electron chi connectivity index (χ4n) is 4.79. The molecule has 0 saturated heterocycles. The summed E-state index contributed by atoms with van der Waals surface area (Å²) >= 11 is 6.74. The van der Waals surface area contributed by atoms with Crippen molar-refractivity contribution in [3.63, 3.8) is 0 Å². The molecule has 1 atom stereocenters. The summed E-state index contributed by atoms with van der Waals surface area (Å²) in [6.45, 7) is 5.21. The normalized spacial score (nSPS) is 14.1. The van der Waals surface area contributed by atoms with Gasteiger partial charge < -0.3 is 20.7 Å². The summed E-state index contributed by atoms with van der Waals surface area (Å²) in [5.74, 6) is 0.359. The molecule has 1 aliphatic rings. The van der Waals surface area contributed by atoms with E-state index in [1.165, 1.54) is 32.3 Å². The first kappa shape index (κ1) is 26.4. The number of amides is 1. The number of rotatable bonds is 4. The zero-order valence-electron chi connectivity index (χ0n) is 21.1. The number of nitrogen functional groups attached to an aromatic ring is 1. The van der Waals surface area contributed by atoms with Gasteiger partial charge in [0.25, 0.3) is 0 Å². The molecule has 1 aromatic carbocycles. The van der Waals surface area contributed by atoms with Gasteiger partial charge in [0.15, 0.2) is 5.75 Å². The van der Waals surface area contributed by atoms with Gasteiger partial charge in [0.1, 0.15) is 24.6 Å². The lowest BCUT2D eigenvalue weighted by Gasteiger charge is -2.29. The number of nitrogens with zero attached hydrogens (tertiary/aromatic N) is 5. The number of hydrogen-bond donors (Lipinski definition) is 2. The van der Waals surface area contributed by atoms with E-state index in [-0.39, 0.29) is 46.3 Å². The van der Waals surface area contributed by atoms with Gasteiger partial charge in [-0.15, -0.1) is 0 Å². The van der Waals surface area contributed by atoms with Crippen LogP contribution >= 0.6 is 11.6 Å². The van der Waals surface area contributed by atoms with Gasteiger partial charge in [-0.25, -0.2) is 15.0 Å². The van der Waals surface area contributed by atoms with Crippen molar-refractivity contribution in [3.8, 4) is 17.0 Å². The lowest BCUT2D eigenvalue weighted by Crippen LogP contribution is -2.31. The van der Waals surface area contributed by atoms with Crippen LogP contribution in [0.15, 0.2) is 36.9 Å². The Hall–Kier alpha value is -4.19. The molecule has 202 valence electrons. The molecule has 9 nitrogen and oxygen atoms in total. The molecule has 4 aromatic rings. The molecule has 3 aromatic heterocycles. The summed E-state index contributed by atoms with van der Waals surface area (Å²) in [6, 6.07) is 4.15. The highest BCUT2D eigenvalue weighted by Crippen LogP contribution is 2.48. The van der Waals surface area contributed by atoms with E-state index >= 15 is 0 Å². The average Bonchev–Trinajstić information content (AvgIpc) is 3.05. The number of carbonyl (C=O) groups excluding carboxylic acids is 1. The molecule has 39 heavy (non-hydrogen) atoms. The van der Waals surface area contributed by atoms with Crippen LogP contribution in [0.5, 0.6) is 5.75 Å². The first-order valence-corrected chi connectivity index (χ1v) is 12.3. The van der Waals surface area contributed by atoms with Crippen LogP contribution in [0.25, 0.3) is 22.2 Å². The summed E-state index contributed by atoms with van der Waals surface area (Å²) in [7, 11) is 0. The summed E-state index contributed by atoms with van der Waals surface area (Å²) in [5.41, 5.74) is 6.09. The Kier molecular flexibility index (Phi) is 6.67. The van der Waals surface area contributed by atoms with Gasteiger partial charge in [0, 0.05) is 18.7 Å². The maximum atomic E-state index is 14.1. The van der Waals surface area contributed by atoms with E-state index in [0.29, 0.717) is 29.0 Å². The van der Waals surface area contributed by atoms with Gasteiger partial charge in [0.05, 0.1) is 51.7 Å². The molecule has 0 spiro atoms. The Bertz CT molecular complexity index is 1610. The van der Waals surface area contributed by atoms with Gasteiger partial charge in [-0.2, -0.15) is 13.2 Å². The van der Waals surface area contributed by atoms with Crippen LogP contribution in [0.3, 0.4) is 0 Å². The van der Waals surface area contributed by atoms with E-state index in [1.807, 2.05) is 17.9 Å². The predicted octanol–water partition coefficient (Wildman–Crippen LogP) is 5.57. The second-order valence-electron chi connectivity index (χ2n) is 9.15. The SMILES string of the molecule is CC(=O)Nc1cncc(C(C)N2CCOc3c(Cl)c(-c4nc(N)cc(C)c4C(F)(F)F)cc4ncnc2c34)c1. The fraction of sp³-hybridized carbons (Fsp3) is 0.269. The van der Waals surface area contributed by atoms with Gasteiger partial charge in [-0.3, -0.25) is 9.78 Å². The quantitative estimate of drug-likeness (QED) is 0.334. The smallest absolute Gasteiger partial charge is 0.418 e. The maximum Gasteiger partial charge on any atom is 0.418 e. The van der Waals surface area contributed by atoms with E-state index in [0.717, 1.165) is 5.56 Å². The van der Waals surface area contributed by atoms with E-state index in [9.17, 15) is 18.0 Å². The zero-order valence-corrected chi connectivity index (χ0v) is 21.9. The van der Waals surface area contributed by atoms with E-state index in [1.54, 1.807) is 12.4 Å². The Balaban J connectivity index is 1.68. The van der Waals surface area contributed by atoms with Crippen molar-refractivity contribution >= 4 is 45.7 Å². The number of anilines is 3. The van der Waals surface area contributed by atoms with E-state index in [4.69, 9.17) is 22.1 Å². The molecule has 5 rings (SSSR count). The fourth-order valence-corrected chi connectivity index (χ4v) is 5.09. The molecule has 1 amide bonds. The Morgan fingerprint density at radius 1 is 1.23 bits per heavy atom. The van der Waals surface area contributed by atoms with Gasteiger partial charge in [0.2, 0.25) is 5.91 Å². The lowest BCUT2D eigenvalue weighted by atomic mass is 9.99. The second kappa shape index (κ2) is 9.84. The number of aryl methyl sites for hydroxylation is 1. The molecule has 0 radical (unpaired) electrons. The first-order valence-electron chi connectivity index (χ1n) is 11.9. The summed E-state index contributed by atoms with van der Waals surface area (Å²) in [4.78, 5) is 30.6. The first-order chi connectivity index (χ1) is 18.5. The largest absolute Gasteiger partial charge is 0.489 e. The Morgan fingerprint density at radius 2 is 2.00 bits per heavy atom. The number of halogens is 4. The number of benzene rings is 1. The highest BCUT2D eigenvalue weighted by Gasteiger charge is 2.38. The minimum Gasteiger partial charge on any atom is -0.489 e. The molecule has 0 saturated carbocycles. The van der Waals surface area contributed by atoms with Crippen LogP contribution in [0, 0.1) is 6.92 Å². The van der Waals surface area contributed by atoms with Crippen molar-refractivity contribution in [1.82, 2.24) is 19.9 Å². The number of aromatic nitrogens is 4. The van der Waals surface area contributed by atoms with Crippen molar-refractivity contribution in [3.05, 3.63) is 58.6 Å². The summed E-state index contributed by atoms with van der Waals surface area (Å²) < 4.78 is 48.3. The van der Waals surface area contributed by atoms with Crippen molar-refractivity contribution in [2.75, 3.05) is 29.1 Å². The second-order valence-corrected chi connectivity index (χ2v) is 9.53. The topological polar surface area (TPSA) is 119 Å².